The number of β-amino-alcohol motifs (C(OH)–C–C–N with tert-alkyl or cyclic N) is 1. The van der Waals surface area contributed by atoms with Crippen molar-refractivity contribution in [1.82, 2.24) is 29.2 Å². The minimum Gasteiger partial charge on any atom is -0.389 e. The number of carbonyl (C=O) groups excluding carboxylic acids is 1. The van der Waals surface area contributed by atoms with Gasteiger partial charge in [-0.3, -0.25) is 9.69 Å². The predicted octanol–water partition coefficient (Wildman–Crippen LogP) is 0.926. The zero-order valence-corrected chi connectivity index (χ0v) is 20.8. The van der Waals surface area contributed by atoms with Crippen molar-refractivity contribution in [3.63, 3.8) is 0 Å². The Morgan fingerprint density at radius 3 is 2.70 bits per heavy atom. The molecule has 4 heterocycles. The number of hydrogen-bond donors (Lipinski definition) is 3. The molecule has 2 atom stereocenters. The number of likely N-dealkylation sites (tertiary alicyclic amines) is 1. The monoisotopic (exact) mass is 504 g/mol. The molecule has 1 aliphatic heterocycles. The number of aromatic nitrogens is 5. The van der Waals surface area contributed by atoms with Crippen molar-refractivity contribution in [2.75, 3.05) is 31.1 Å². The smallest absolute Gasteiger partial charge is 0.231 e. The van der Waals surface area contributed by atoms with E-state index in [1.807, 2.05) is 45.9 Å². The van der Waals surface area contributed by atoms with Crippen LogP contribution in [0.2, 0.25) is 0 Å². The van der Waals surface area contributed by atoms with Gasteiger partial charge in [0, 0.05) is 44.8 Å². The normalized spacial score (nSPS) is 20.4. The first-order chi connectivity index (χ1) is 17.9. The van der Waals surface area contributed by atoms with Gasteiger partial charge in [-0.05, 0) is 43.2 Å². The molecule has 0 spiro atoms. The highest BCUT2D eigenvalue weighted by Gasteiger charge is 2.41. The van der Waals surface area contributed by atoms with E-state index in [-0.39, 0.29) is 19.6 Å². The molecule has 0 bridgehead atoms. The standard InChI is InChI=1S/C26H32N8O3/c1-2-32(14-19-4-6-20(7-5-19)34-11-3-10-30-34)24-21-8-12-33(25(21)29-18-28-24)17-26(37)9-13-31(15-22(26)35)16-23(27)36/h3-8,10-12,18,22,35,37H,2,9,13-17H2,1H3,(H2,27,36)/t22-,26-/m0/s1. The molecule has 1 amide bonds. The summed E-state index contributed by atoms with van der Waals surface area (Å²) >= 11 is 0. The highest BCUT2D eigenvalue weighted by Crippen LogP contribution is 2.29. The lowest BCUT2D eigenvalue weighted by atomic mass is 9.88. The van der Waals surface area contributed by atoms with Crippen LogP contribution in [-0.2, 0) is 17.9 Å². The van der Waals surface area contributed by atoms with Crippen LogP contribution in [-0.4, -0.2) is 83.2 Å². The first-order valence-corrected chi connectivity index (χ1v) is 12.4. The number of nitrogens with two attached hydrogens (primary N) is 1. The summed E-state index contributed by atoms with van der Waals surface area (Å²) in [4.78, 5) is 24.3. The van der Waals surface area contributed by atoms with Gasteiger partial charge in [0.25, 0.3) is 0 Å². The molecule has 37 heavy (non-hydrogen) atoms. The Morgan fingerprint density at radius 1 is 1.22 bits per heavy atom. The molecule has 0 radical (unpaired) electrons. The van der Waals surface area contributed by atoms with Gasteiger partial charge in [0.1, 0.15) is 23.4 Å². The lowest BCUT2D eigenvalue weighted by molar-refractivity contribution is -0.135. The van der Waals surface area contributed by atoms with Gasteiger partial charge in [0.05, 0.1) is 30.3 Å². The zero-order chi connectivity index (χ0) is 26.0. The number of primary amides is 1. The molecule has 1 aromatic carbocycles. The number of fused-ring (bicyclic) bond motifs is 1. The van der Waals surface area contributed by atoms with Crippen LogP contribution in [0.15, 0.2) is 61.3 Å². The van der Waals surface area contributed by atoms with Crippen LogP contribution in [0.1, 0.15) is 18.9 Å². The quantitative estimate of drug-likeness (QED) is 0.306. The fourth-order valence-electron chi connectivity index (χ4n) is 4.97. The van der Waals surface area contributed by atoms with Gasteiger partial charge < -0.3 is 25.4 Å². The Morgan fingerprint density at radius 2 is 2.03 bits per heavy atom. The van der Waals surface area contributed by atoms with Crippen LogP contribution in [0.5, 0.6) is 0 Å². The van der Waals surface area contributed by atoms with Crippen molar-refractivity contribution >= 4 is 22.8 Å². The summed E-state index contributed by atoms with van der Waals surface area (Å²) in [6.45, 7) is 4.40. The van der Waals surface area contributed by atoms with E-state index in [9.17, 15) is 15.0 Å². The maximum absolute atomic E-state index is 11.3. The van der Waals surface area contributed by atoms with E-state index in [0.29, 0.717) is 25.2 Å². The van der Waals surface area contributed by atoms with Crippen LogP contribution in [0.4, 0.5) is 5.82 Å². The van der Waals surface area contributed by atoms with Gasteiger partial charge in [-0.15, -0.1) is 0 Å². The molecule has 0 saturated carbocycles. The molecule has 1 aliphatic rings. The van der Waals surface area contributed by atoms with E-state index in [1.54, 1.807) is 11.1 Å². The maximum Gasteiger partial charge on any atom is 0.231 e. The van der Waals surface area contributed by atoms with Gasteiger partial charge in [-0.1, -0.05) is 12.1 Å². The number of aliphatic hydroxyl groups excluding tert-OH is 1. The molecule has 4 N–H and O–H groups in total. The third kappa shape index (κ3) is 5.19. The highest BCUT2D eigenvalue weighted by molar-refractivity contribution is 5.87. The summed E-state index contributed by atoms with van der Waals surface area (Å²) in [5.41, 5.74) is 6.78. The van der Waals surface area contributed by atoms with E-state index in [0.717, 1.165) is 29.0 Å². The Balaban J connectivity index is 1.34. The van der Waals surface area contributed by atoms with Crippen LogP contribution in [0.25, 0.3) is 16.7 Å². The predicted molar refractivity (Wildman–Crippen MR) is 139 cm³/mol. The average Bonchev–Trinajstić information content (AvgIpc) is 3.56. The number of piperidine rings is 1. The van der Waals surface area contributed by atoms with Gasteiger partial charge in [-0.2, -0.15) is 5.10 Å². The zero-order valence-electron chi connectivity index (χ0n) is 20.8. The second kappa shape index (κ2) is 10.3. The minimum absolute atomic E-state index is 0.0645. The van der Waals surface area contributed by atoms with Crippen molar-refractivity contribution in [3.05, 3.63) is 66.9 Å². The summed E-state index contributed by atoms with van der Waals surface area (Å²) in [7, 11) is 0. The fraction of sp³-hybridized carbons (Fsp3) is 0.385. The van der Waals surface area contributed by atoms with Crippen molar-refractivity contribution in [1.29, 1.82) is 0 Å². The number of anilines is 1. The molecule has 11 nitrogen and oxygen atoms in total. The molecule has 1 fully saturated rings. The summed E-state index contributed by atoms with van der Waals surface area (Å²) < 4.78 is 3.69. The molecule has 194 valence electrons. The molecule has 0 unspecified atom stereocenters. The summed E-state index contributed by atoms with van der Waals surface area (Å²) in [6, 6.07) is 12.1. The van der Waals surface area contributed by atoms with Crippen LogP contribution in [0, 0.1) is 0 Å². The van der Waals surface area contributed by atoms with Crippen LogP contribution in [0.3, 0.4) is 0 Å². The number of rotatable bonds is 9. The fourth-order valence-corrected chi connectivity index (χ4v) is 4.97. The lowest BCUT2D eigenvalue weighted by Crippen LogP contribution is -2.58. The van der Waals surface area contributed by atoms with Crippen molar-refractivity contribution in [3.8, 4) is 5.69 Å². The van der Waals surface area contributed by atoms with Gasteiger partial charge in [-0.25, -0.2) is 14.6 Å². The molecule has 4 aromatic rings. The first-order valence-electron chi connectivity index (χ1n) is 12.4. The van der Waals surface area contributed by atoms with Gasteiger partial charge in [0.2, 0.25) is 5.91 Å². The largest absolute Gasteiger partial charge is 0.389 e. The minimum atomic E-state index is -1.34. The molecular formula is C26H32N8O3. The molecule has 1 saturated heterocycles. The van der Waals surface area contributed by atoms with Crippen LogP contribution >= 0.6 is 0 Å². The highest BCUT2D eigenvalue weighted by atomic mass is 16.3. The number of aliphatic hydroxyl groups is 2. The maximum atomic E-state index is 11.3. The van der Waals surface area contributed by atoms with E-state index in [4.69, 9.17) is 5.73 Å². The van der Waals surface area contributed by atoms with Gasteiger partial charge >= 0.3 is 0 Å². The Labute approximate surface area is 214 Å². The summed E-state index contributed by atoms with van der Waals surface area (Å²) in [6.07, 6.45) is 6.37. The van der Waals surface area contributed by atoms with E-state index >= 15 is 0 Å². The second-order valence-electron chi connectivity index (χ2n) is 9.58. The number of amides is 1. The lowest BCUT2D eigenvalue weighted by Gasteiger charge is -2.42. The SMILES string of the molecule is CCN(Cc1ccc(-n2cccn2)cc1)c1ncnc2c1ccn2C[C@@]1(O)CCN(CC(N)=O)C[C@@H]1O. The third-order valence-corrected chi connectivity index (χ3v) is 7.03. The summed E-state index contributed by atoms with van der Waals surface area (Å²) in [5.74, 6) is 0.360. The molecule has 5 rings (SSSR count). The average molecular weight is 505 g/mol. The number of carbonyl (C=O) groups is 1. The number of hydrogen-bond acceptors (Lipinski definition) is 8. The third-order valence-electron chi connectivity index (χ3n) is 7.03. The second-order valence-corrected chi connectivity index (χ2v) is 9.58. The molecule has 11 heteroatoms. The van der Waals surface area contributed by atoms with Crippen molar-refractivity contribution < 1.29 is 15.0 Å². The Bertz CT molecular complexity index is 1350. The Hall–Kier alpha value is -3.80. The first kappa shape index (κ1) is 24.9. The molecule has 3 aromatic heterocycles. The van der Waals surface area contributed by atoms with E-state index in [1.165, 1.54) is 6.33 Å². The molecular weight excluding hydrogens is 472 g/mol. The van der Waals surface area contributed by atoms with E-state index in [2.05, 4.69) is 39.0 Å². The Kier molecular flexibility index (Phi) is 6.92. The van der Waals surface area contributed by atoms with Crippen molar-refractivity contribution in [2.24, 2.45) is 5.73 Å². The van der Waals surface area contributed by atoms with Crippen LogP contribution < -0.4 is 10.6 Å². The van der Waals surface area contributed by atoms with Crippen molar-refractivity contribution in [2.45, 2.75) is 38.1 Å². The topological polar surface area (TPSA) is 139 Å². The number of nitrogens with zero attached hydrogens (tertiary/aromatic N) is 7. The molecule has 0 aliphatic carbocycles. The number of benzene rings is 1. The van der Waals surface area contributed by atoms with Gasteiger partial charge in [0.15, 0.2) is 0 Å². The summed E-state index contributed by atoms with van der Waals surface area (Å²) in [5, 5.41) is 27.1. The van der Waals surface area contributed by atoms with E-state index < -0.39 is 17.6 Å².